The lowest BCUT2D eigenvalue weighted by molar-refractivity contribution is 0.112. The molecule has 2 aliphatic heterocycles. The summed E-state index contributed by atoms with van der Waals surface area (Å²) in [5, 5.41) is 3.34. The SMILES string of the molecule is CNC1CCN(C2CCS(=O)(=O)C2)C1(C)C. The Balaban J connectivity index is 2.12. The lowest BCUT2D eigenvalue weighted by Crippen LogP contribution is -2.53. The fraction of sp³-hybridized carbons (Fsp3) is 1.00. The molecule has 5 heteroatoms. The van der Waals surface area contributed by atoms with Crippen LogP contribution in [0.2, 0.25) is 0 Å². The third-order valence-corrected chi connectivity index (χ3v) is 6.00. The van der Waals surface area contributed by atoms with E-state index in [4.69, 9.17) is 0 Å². The largest absolute Gasteiger partial charge is 0.315 e. The van der Waals surface area contributed by atoms with Gasteiger partial charge in [-0.3, -0.25) is 4.90 Å². The Hall–Kier alpha value is -0.130. The van der Waals surface area contributed by atoms with Gasteiger partial charge in [0.2, 0.25) is 0 Å². The molecule has 0 amide bonds. The Kier molecular flexibility index (Phi) is 3.05. The van der Waals surface area contributed by atoms with Gasteiger partial charge in [-0.2, -0.15) is 0 Å². The van der Waals surface area contributed by atoms with Crippen LogP contribution in [-0.4, -0.2) is 56.0 Å². The summed E-state index contributed by atoms with van der Waals surface area (Å²) in [6.07, 6.45) is 1.92. The van der Waals surface area contributed by atoms with Gasteiger partial charge in [-0.25, -0.2) is 8.42 Å². The van der Waals surface area contributed by atoms with Crippen LogP contribution in [-0.2, 0) is 9.84 Å². The van der Waals surface area contributed by atoms with Crippen molar-refractivity contribution in [2.24, 2.45) is 0 Å². The van der Waals surface area contributed by atoms with Gasteiger partial charge in [0.1, 0.15) is 0 Å². The number of likely N-dealkylation sites (tertiary alicyclic amines) is 1. The highest BCUT2D eigenvalue weighted by Gasteiger charge is 2.46. The zero-order valence-electron chi connectivity index (χ0n) is 10.4. The first-order chi connectivity index (χ1) is 7.37. The second-order valence-electron chi connectivity index (χ2n) is 5.53. The highest BCUT2D eigenvalue weighted by molar-refractivity contribution is 7.91. The molecule has 0 aromatic rings. The molecule has 2 fully saturated rings. The molecule has 1 N–H and O–H groups in total. The van der Waals surface area contributed by atoms with E-state index in [1.54, 1.807) is 0 Å². The van der Waals surface area contributed by atoms with Crippen molar-refractivity contribution < 1.29 is 8.42 Å². The van der Waals surface area contributed by atoms with Crippen LogP contribution >= 0.6 is 0 Å². The molecule has 16 heavy (non-hydrogen) atoms. The van der Waals surface area contributed by atoms with Gasteiger partial charge in [-0.1, -0.05) is 0 Å². The predicted molar refractivity (Wildman–Crippen MR) is 65.3 cm³/mol. The van der Waals surface area contributed by atoms with Crippen LogP contribution < -0.4 is 5.32 Å². The molecule has 2 unspecified atom stereocenters. The molecule has 2 aliphatic rings. The standard InChI is InChI=1S/C11H22N2O2S/c1-11(2)10(12-3)4-6-13(11)9-5-7-16(14,15)8-9/h9-10,12H,4-8H2,1-3H3. The average molecular weight is 246 g/mol. The summed E-state index contributed by atoms with van der Waals surface area (Å²) in [4.78, 5) is 2.39. The van der Waals surface area contributed by atoms with Gasteiger partial charge < -0.3 is 5.32 Å². The van der Waals surface area contributed by atoms with E-state index < -0.39 is 9.84 Å². The molecule has 2 saturated heterocycles. The summed E-state index contributed by atoms with van der Waals surface area (Å²) in [7, 11) is -0.782. The molecule has 0 aromatic heterocycles. The van der Waals surface area contributed by atoms with Gasteiger partial charge in [-0.15, -0.1) is 0 Å². The van der Waals surface area contributed by atoms with Gasteiger partial charge in [0.05, 0.1) is 11.5 Å². The number of nitrogens with one attached hydrogen (secondary N) is 1. The van der Waals surface area contributed by atoms with E-state index in [9.17, 15) is 8.42 Å². The second kappa shape index (κ2) is 3.96. The number of hydrogen-bond donors (Lipinski definition) is 1. The number of rotatable bonds is 2. The average Bonchev–Trinajstić information content (AvgIpc) is 2.65. The Morgan fingerprint density at radius 3 is 2.44 bits per heavy atom. The minimum absolute atomic E-state index is 0.0687. The molecule has 0 aliphatic carbocycles. The summed E-state index contributed by atoms with van der Waals surface area (Å²) >= 11 is 0. The van der Waals surface area contributed by atoms with Crippen molar-refractivity contribution in [2.45, 2.75) is 44.3 Å². The maximum atomic E-state index is 11.5. The topological polar surface area (TPSA) is 49.4 Å². The Labute approximate surface area is 98.3 Å². The van der Waals surface area contributed by atoms with Gasteiger partial charge in [0, 0.05) is 24.2 Å². The van der Waals surface area contributed by atoms with E-state index in [1.165, 1.54) is 0 Å². The van der Waals surface area contributed by atoms with E-state index in [0.29, 0.717) is 17.5 Å². The third kappa shape index (κ3) is 2.00. The molecular weight excluding hydrogens is 224 g/mol. The monoisotopic (exact) mass is 246 g/mol. The summed E-state index contributed by atoms with van der Waals surface area (Å²) in [6.45, 7) is 5.44. The Morgan fingerprint density at radius 2 is 2.00 bits per heavy atom. The fourth-order valence-corrected chi connectivity index (χ4v) is 5.01. The van der Waals surface area contributed by atoms with Crippen molar-refractivity contribution in [1.82, 2.24) is 10.2 Å². The molecule has 94 valence electrons. The van der Waals surface area contributed by atoms with Crippen LogP contribution in [0.25, 0.3) is 0 Å². The smallest absolute Gasteiger partial charge is 0.151 e. The fourth-order valence-electron chi connectivity index (χ4n) is 3.28. The van der Waals surface area contributed by atoms with Crippen LogP contribution in [0.4, 0.5) is 0 Å². The number of likely N-dealkylation sites (N-methyl/N-ethyl adjacent to an activating group) is 1. The van der Waals surface area contributed by atoms with Gasteiger partial charge in [0.25, 0.3) is 0 Å². The summed E-state index contributed by atoms with van der Waals surface area (Å²) in [5.74, 6) is 0.724. The summed E-state index contributed by atoms with van der Waals surface area (Å²) in [5.41, 5.74) is 0.0687. The minimum Gasteiger partial charge on any atom is -0.315 e. The highest BCUT2D eigenvalue weighted by Crippen LogP contribution is 2.34. The normalized spacial score (nSPS) is 37.9. The molecular formula is C11H22N2O2S. The molecule has 2 heterocycles. The maximum absolute atomic E-state index is 11.5. The molecule has 2 atom stereocenters. The molecule has 0 spiro atoms. The number of nitrogens with zero attached hydrogens (tertiary/aromatic N) is 1. The Morgan fingerprint density at radius 1 is 1.31 bits per heavy atom. The van der Waals surface area contributed by atoms with Crippen LogP contribution in [0.5, 0.6) is 0 Å². The number of hydrogen-bond acceptors (Lipinski definition) is 4. The first-order valence-corrected chi connectivity index (χ1v) is 7.83. The quantitative estimate of drug-likeness (QED) is 0.758. The summed E-state index contributed by atoms with van der Waals surface area (Å²) < 4.78 is 23.0. The van der Waals surface area contributed by atoms with Crippen molar-refractivity contribution in [2.75, 3.05) is 25.1 Å². The zero-order chi connectivity index (χ0) is 12.0. The van der Waals surface area contributed by atoms with Crippen LogP contribution in [0.15, 0.2) is 0 Å². The predicted octanol–water partition coefficient (Wildman–Crippen LogP) is 0.246. The zero-order valence-corrected chi connectivity index (χ0v) is 11.2. The van der Waals surface area contributed by atoms with E-state index >= 15 is 0 Å². The third-order valence-electron chi connectivity index (χ3n) is 4.25. The molecule has 0 bridgehead atoms. The van der Waals surface area contributed by atoms with E-state index in [1.807, 2.05) is 7.05 Å². The maximum Gasteiger partial charge on any atom is 0.151 e. The molecule has 2 rings (SSSR count). The van der Waals surface area contributed by atoms with Crippen LogP contribution in [0, 0.1) is 0 Å². The van der Waals surface area contributed by atoms with Gasteiger partial charge in [-0.05, 0) is 33.7 Å². The van der Waals surface area contributed by atoms with Crippen molar-refractivity contribution in [3.05, 3.63) is 0 Å². The number of sulfone groups is 1. The van der Waals surface area contributed by atoms with Crippen molar-refractivity contribution in [1.29, 1.82) is 0 Å². The lowest BCUT2D eigenvalue weighted by Gasteiger charge is -2.39. The summed E-state index contributed by atoms with van der Waals surface area (Å²) in [6, 6.07) is 0.703. The minimum atomic E-state index is -2.77. The van der Waals surface area contributed by atoms with Crippen molar-refractivity contribution in [3.8, 4) is 0 Å². The first-order valence-electron chi connectivity index (χ1n) is 6.01. The molecule has 0 radical (unpaired) electrons. The first kappa shape index (κ1) is 12.3. The van der Waals surface area contributed by atoms with E-state index in [2.05, 4.69) is 24.1 Å². The molecule has 4 nitrogen and oxygen atoms in total. The van der Waals surface area contributed by atoms with Crippen LogP contribution in [0.3, 0.4) is 0 Å². The van der Waals surface area contributed by atoms with Gasteiger partial charge in [0.15, 0.2) is 9.84 Å². The second-order valence-corrected chi connectivity index (χ2v) is 7.76. The van der Waals surface area contributed by atoms with Crippen molar-refractivity contribution >= 4 is 9.84 Å². The van der Waals surface area contributed by atoms with Crippen LogP contribution in [0.1, 0.15) is 26.7 Å². The Bertz CT molecular complexity index is 364. The van der Waals surface area contributed by atoms with Crippen molar-refractivity contribution in [3.63, 3.8) is 0 Å². The van der Waals surface area contributed by atoms with Gasteiger partial charge >= 0.3 is 0 Å². The van der Waals surface area contributed by atoms with E-state index in [0.717, 1.165) is 19.4 Å². The molecule has 0 aromatic carbocycles. The highest BCUT2D eigenvalue weighted by atomic mass is 32.2. The van der Waals surface area contributed by atoms with E-state index in [-0.39, 0.29) is 11.6 Å². The lowest BCUT2D eigenvalue weighted by atomic mass is 9.94. The molecule has 0 saturated carbocycles.